The number of halogens is 1. The second-order valence-electron chi connectivity index (χ2n) is 5.40. The number of nitrogens with zero attached hydrogens (tertiary/aromatic N) is 3. The van der Waals surface area contributed by atoms with Crippen LogP contribution in [0.3, 0.4) is 0 Å². The van der Waals surface area contributed by atoms with E-state index in [0.717, 1.165) is 6.07 Å². The summed E-state index contributed by atoms with van der Waals surface area (Å²) in [7, 11) is -2.03. The lowest BCUT2D eigenvalue weighted by Crippen LogP contribution is -2.26. The van der Waals surface area contributed by atoms with Gasteiger partial charge in [-0.1, -0.05) is 11.2 Å². The summed E-state index contributed by atoms with van der Waals surface area (Å²) in [4.78, 5) is 14.1. The molecule has 0 aliphatic rings. The van der Waals surface area contributed by atoms with Crippen LogP contribution in [0.2, 0.25) is 0 Å². The third kappa shape index (κ3) is 6.02. The van der Waals surface area contributed by atoms with Crippen LogP contribution in [-0.4, -0.2) is 43.1 Å². The Morgan fingerprint density at radius 3 is 2.77 bits per heavy atom. The van der Waals surface area contributed by atoms with Crippen LogP contribution in [0.1, 0.15) is 18.6 Å². The minimum absolute atomic E-state index is 0. The summed E-state index contributed by atoms with van der Waals surface area (Å²) in [5, 5.41) is 17.6. The van der Waals surface area contributed by atoms with Crippen molar-refractivity contribution < 1.29 is 17.9 Å². The number of nitro benzene ring substituents is 1. The van der Waals surface area contributed by atoms with Crippen molar-refractivity contribution >= 4 is 28.1 Å². The van der Waals surface area contributed by atoms with Gasteiger partial charge in [0.05, 0.1) is 9.82 Å². The fraction of sp³-hybridized carbons (Fsp3) is 0.429. The number of hydrogen-bond donors (Lipinski definition) is 2. The van der Waals surface area contributed by atoms with Crippen LogP contribution in [0, 0.1) is 10.1 Å². The molecule has 1 atom stereocenters. The summed E-state index contributed by atoms with van der Waals surface area (Å²) in [6.07, 6.45) is 0.814. The standard InChI is InChI=1S/C14H19N5O5S.ClH/c1-10(15-2)8-13-17-14(24-18-13)6-7-16-25(22,23)12-5-3-4-11(9-12)19(20)21;/h3-5,9-10,15-16H,6-8H2,1-2H3;1H. The van der Waals surface area contributed by atoms with Crippen LogP contribution in [0.15, 0.2) is 33.7 Å². The number of benzene rings is 1. The number of non-ortho nitro benzene ring substituents is 1. The molecule has 2 N–H and O–H groups in total. The molecule has 0 spiro atoms. The van der Waals surface area contributed by atoms with Gasteiger partial charge in [-0.05, 0) is 20.0 Å². The zero-order chi connectivity index (χ0) is 18.4. The van der Waals surface area contributed by atoms with E-state index >= 15 is 0 Å². The summed E-state index contributed by atoms with van der Waals surface area (Å²) in [6.45, 7) is 2.01. The fourth-order valence-electron chi connectivity index (χ4n) is 1.99. The topological polar surface area (TPSA) is 140 Å². The monoisotopic (exact) mass is 405 g/mol. The van der Waals surface area contributed by atoms with Crippen molar-refractivity contribution in [3.8, 4) is 0 Å². The zero-order valence-electron chi connectivity index (χ0n) is 14.2. The number of sulfonamides is 1. The first kappa shape index (κ1) is 22.0. The lowest BCUT2D eigenvalue weighted by atomic mass is 10.2. The molecule has 0 bridgehead atoms. The molecule has 0 radical (unpaired) electrons. The van der Waals surface area contributed by atoms with E-state index in [1.165, 1.54) is 18.2 Å². The van der Waals surface area contributed by atoms with E-state index in [4.69, 9.17) is 4.52 Å². The van der Waals surface area contributed by atoms with Gasteiger partial charge >= 0.3 is 0 Å². The third-order valence-electron chi connectivity index (χ3n) is 3.46. The predicted octanol–water partition coefficient (Wildman–Crippen LogP) is 1.07. The Balaban J connectivity index is 0.00000338. The van der Waals surface area contributed by atoms with Crippen molar-refractivity contribution in [1.29, 1.82) is 0 Å². The Morgan fingerprint density at radius 1 is 1.38 bits per heavy atom. The zero-order valence-corrected chi connectivity index (χ0v) is 15.8. The molecule has 1 aromatic heterocycles. The largest absolute Gasteiger partial charge is 0.339 e. The molecule has 1 aromatic carbocycles. The molecule has 12 heteroatoms. The number of hydrogen-bond acceptors (Lipinski definition) is 8. The Kier molecular flexibility index (Phi) is 8.08. The number of aromatic nitrogens is 2. The lowest BCUT2D eigenvalue weighted by Gasteiger charge is -2.05. The van der Waals surface area contributed by atoms with Gasteiger partial charge in [-0.15, -0.1) is 12.4 Å². The highest BCUT2D eigenvalue weighted by Crippen LogP contribution is 2.17. The highest BCUT2D eigenvalue weighted by molar-refractivity contribution is 7.89. The predicted molar refractivity (Wildman–Crippen MR) is 95.8 cm³/mol. The van der Waals surface area contributed by atoms with Crippen LogP contribution >= 0.6 is 12.4 Å². The molecule has 0 aliphatic heterocycles. The van der Waals surface area contributed by atoms with Crippen LogP contribution < -0.4 is 10.0 Å². The lowest BCUT2D eigenvalue weighted by molar-refractivity contribution is -0.385. The van der Waals surface area contributed by atoms with Gasteiger partial charge in [-0.2, -0.15) is 4.98 Å². The maximum absolute atomic E-state index is 12.2. The summed E-state index contributed by atoms with van der Waals surface area (Å²) >= 11 is 0. The summed E-state index contributed by atoms with van der Waals surface area (Å²) in [5.74, 6) is 0.860. The molecular formula is C14H20ClN5O5S. The second kappa shape index (κ2) is 9.57. The Morgan fingerprint density at radius 2 is 2.12 bits per heavy atom. The highest BCUT2D eigenvalue weighted by atomic mass is 35.5. The van der Waals surface area contributed by atoms with Crippen molar-refractivity contribution in [2.24, 2.45) is 0 Å². The van der Waals surface area contributed by atoms with Crippen LogP contribution in [0.5, 0.6) is 0 Å². The van der Waals surface area contributed by atoms with Crippen molar-refractivity contribution in [3.63, 3.8) is 0 Å². The first-order valence-corrected chi connectivity index (χ1v) is 9.03. The fourth-order valence-corrected chi connectivity index (χ4v) is 3.06. The van der Waals surface area contributed by atoms with Gasteiger partial charge in [-0.25, -0.2) is 13.1 Å². The minimum Gasteiger partial charge on any atom is -0.339 e. The number of rotatable bonds is 9. The molecule has 26 heavy (non-hydrogen) atoms. The van der Waals surface area contributed by atoms with Crippen molar-refractivity contribution in [2.75, 3.05) is 13.6 Å². The van der Waals surface area contributed by atoms with Crippen molar-refractivity contribution in [3.05, 3.63) is 46.1 Å². The van der Waals surface area contributed by atoms with Gasteiger partial charge in [0.25, 0.3) is 5.69 Å². The highest BCUT2D eigenvalue weighted by Gasteiger charge is 2.18. The van der Waals surface area contributed by atoms with Crippen LogP contribution in [-0.2, 0) is 22.9 Å². The third-order valence-corrected chi connectivity index (χ3v) is 4.92. The number of likely N-dealkylation sites (N-methyl/N-ethyl adjacent to an activating group) is 1. The normalized spacial score (nSPS) is 12.4. The Labute approximate surface area is 157 Å². The minimum atomic E-state index is -3.86. The van der Waals surface area contributed by atoms with E-state index in [1.54, 1.807) is 0 Å². The molecular weight excluding hydrogens is 386 g/mol. The van der Waals surface area contributed by atoms with E-state index in [2.05, 4.69) is 20.2 Å². The summed E-state index contributed by atoms with van der Waals surface area (Å²) < 4.78 is 31.8. The molecule has 1 heterocycles. The van der Waals surface area contributed by atoms with Crippen LogP contribution in [0.25, 0.3) is 0 Å². The van der Waals surface area contributed by atoms with E-state index in [9.17, 15) is 18.5 Å². The maximum Gasteiger partial charge on any atom is 0.270 e. The van der Waals surface area contributed by atoms with Crippen molar-refractivity contribution in [2.45, 2.75) is 30.7 Å². The maximum atomic E-state index is 12.2. The van der Waals surface area contributed by atoms with E-state index in [1.807, 2.05) is 14.0 Å². The first-order chi connectivity index (χ1) is 11.8. The molecule has 0 aliphatic carbocycles. The molecule has 2 rings (SSSR count). The molecule has 10 nitrogen and oxygen atoms in total. The van der Waals surface area contributed by atoms with E-state index < -0.39 is 14.9 Å². The Bertz CT molecular complexity index is 842. The summed E-state index contributed by atoms with van der Waals surface area (Å²) in [5.41, 5.74) is -0.289. The Hall–Kier alpha value is -2.08. The SMILES string of the molecule is CNC(C)Cc1noc(CCNS(=O)(=O)c2cccc([N+](=O)[O-])c2)n1.Cl. The summed E-state index contributed by atoms with van der Waals surface area (Å²) in [6, 6.07) is 5.04. The van der Waals surface area contributed by atoms with Gasteiger partial charge in [0, 0.05) is 37.6 Å². The van der Waals surface area contributed by atoms with Crippen molar-refractivity contribution in [1.82, 2.24) is 20.2 Å². The van der Waals surface area contributed by atoms with Gasteiger partial charge in [0.2, 0.25) is 15.9 Å². The first-order valence-electron chi connectivity index (χ1n) is 7.54. The number of nitro groups is 1. The molecule has 0 saturated carbocycles. The molecule has 144 valence electrons. The van der Waals surface area contributed by atoms with Crippen LogP contribution in [0.4, 0.5) is 5.69 Å². The quantitative estimate of drug-likeness (QED) is 0.466. The molecule has 0 fully saturated rings. The molecule has 0 saturated heterocycles. The number of nitrogens with one attached hydrogen (secondary N) is 2. The van der Waals surface area contributed by atoms with E-state index in [-0.39, 0.29) is 42.0 Å². The average Bonchev–Trinajstić information content (AvgIpc) is 3.02. The van der Waals surface area contributed by atoms with Gasteiger partial charge in [0.1, 0.15) is 0 Å². The van der Waals surface area contributed by atoms with Gasteiger partial charge in [0.15, 0.2) is 5.82 Å². The molecule has 1 unspecified atom stereocenters. The molecule has 2 aromatic rings. The van der Waals surface area contributed by atoms with Gasteiger partial charge in [-0.3, -0.25) is 10.1 Å². The van der Waals surface area contributed by atoms with E-state index in [0.29, 0.717) is 18.1 Å². The second-order valence-corrected chi connectivity index (χ2v) is 7.17. The average molecular weight is 406 g/mol. The van der Waals surface area contributed by atoms with Gasteiger partial charge < -0.3 is 9.84 Å². The molecule has 0 amide bonds. The smallest absolute Gasteiger partial charge is 0.270 e.